The minimum atomic E-state index is -0.645. The second-order valence-corrected chi connectivity index (χ2v) is 7.15. The van der Waals surface area contributed by atoms with Crippen molar-refractivity contribution in [1.82, 2.24) is 9.99 Å². The average molecular weight is 497 g/mol. The number of halogens is 2. The van der Waals surface area contributed by atoms with Crippen LogP contribution in [0.25, 0.3) is 0 Å². The lowest BCUT2D eigenvalue weighted by molar-refractivity contribution is -0.384. The Balaban J connectivity index is 2.24. The topological polar surface area (TPSA) is 140 Å². The molecule has 1 N–H and O–H groups in total. The normalized spacial score (nSPS) is 10.8. The summed E-state index contributed by atoms with van der Waals surface area (Å²) in [4.78, 5) is 35.1. The molecule has 1 amide bonds. The summed E-state index contributed by atoms with van der Waals surface area (Å²) in [7, 11) is 1.44. The van der Waals surface area contributed by atoms with Crippen LogP contribution in [0.5, 0.6) is 0 Å². The molecule has 30 heavy (non-hydrogen) atoms. The average Bonchev–Trinajstić information content (AvgIpc) is 2.71. The van der Waals surface area contributed by atoms with Crippen molar-refractivity contribution in [2.45, 2.75) is 20.1 Å². The first-order chi connectivity index (χ1) is 14.2. The van der Waals surface area contributed by atoms with E-state index in [2.05, 4.69) is 26.5 Å². The highest BCUT2D eigenvalue weighted by atomic mass is 79.9. The van der Waals surface area contributed by atoms with Crippen LogP contribution in [0.15, 0.2) is 32.6 Å². The second kappa shape index (κ2) is 10.1. The van der Waals surface area contributed by atoms with E-state index in [9.17, 15) is 25.0 Å². The molecule has 1 heterocycles. The minimum Gasteiger partial charge on any atom is -0.380 e. The van der Waals surface area contributed by atoms with Crippen LogP contribution in [0.3, 0.4) is 0 Å². The highest BCUT2D eigenvalue weighted by molar-refractivity contribution is 9.10. The van der Waals surface area contributed by atoms with Gasteiger partial charge in [-0.15, -0.1) is 0 Å². The summed E-state index contributed by atoms with van der Waals surface area (Å²) in [5.41, 5.74) is 2.35. The van der Waals surface area contributed by atoms with Crippen LogP contribution in [-0.2, 0) is 22.7 Å². The number of nitro groups is 1. The van der Waals surface area contributed by atoms with E-state index in [0.29, 0.717) is 15.7 Å². The molecule has 0 spiro atoms. The lowest BCUT2D eigenvalue weighted by Gasteiger charge is -2.15. The number of carbonyl (C=O) groups excluding carboxylic acids is 1. The van der Waals surface area contributed by atoms with Gasteiger partial charge < -0.3 is 9.30 Å². The number of hydrogen-bond donors (Lipinski definition) is 1. The molecular weight excluding hydrogens is 482 g/mol. The summed E-state index contributed by atoms with van der Waals surface area (Å²) in [5.74, 6) is -0.645. The number of rotatable bonds is 7. The van der Waals surface area contributed by atoms with Crippen LogP contribution in [0.4, 0.5) is 5.69 Å². The molecule has 2 rings (SSSR count). The van der Waals surface area contributed by atoms with Crippen molar-refractivity contribution in [1.29, 1.82) is 5.26 Å². The third kappa shape index (κ3) is 5.10. The van der Waals surface area contributed by atoms with Gasteiger partial charge in [-0.2, -0.15) is 10.4 Å². The van der Waals surface area contributed by atoms with Gasteiger partial charge in [0.05, 0.1) is 17.7 Å². The lowest BCUT2D eigenvalue weighted by Crippen LogP contribution is -2.33. The second-order valence-electron chi connectivity index (χ2n) is 5.95. The third-order valence-corrected chi connectivity index (χ3v) is 5.43. The number of aromatic nitrogens is 1. The molecule has 0 saturated heterocycles. The van der Waals surface area contributed by atoms with Gasteiger partial charge in [0.25, 0.3) is 17.2 Å². The SMILES string of the molecule is COCc1c(Br)c(C)n(CC(=O)N/N=C\c2cc([N+](=O)[O-])ccc2Cl)c(=O)c1C#N. The van der Waals surface area contributed by atoms with Gasteiger partial charge in [-0.3, -0.25) is 19.7 Å². The molecule has 0 fully saturated rings. The zero-order valence-electron chi connectivity index (χ0n) is 15.8. The number of nitrogens with one attached hydrogen (secondary N) is 1. The summed E-state index contributed by atoms with van der Waals surface area (Å²) in [6.45, 7) is 1.28. The van der Waals surface area contributed by atoms with E-state index >= 15 is 0 Å². The number of carbonyl (C=O) groups is 1. The molecular formula is C18H15BrClN5O5. The van der Waals surface area contributed by atoms with Crippen LogP contribution in [0.2, 0.25) is 5.02 Å². The maximum Gasteiger partial charge on any atom is 0.270 e. The van der Waals surface area contributed by atoms with E-state index in [1.54, 1.807) is 6.92 Å². The molecule has 1 aromatic carbocycles. The van der Waals surface area contributed by atoms with Crippen LogP contribution in [0, 0.1) is 28.4 Å². The summed E-state index contributed by atoms with van der Waals surface area (Å²) in [6.07, 6.45) is 1.15. The number of hydrogen-bond acceptors (Lipinski definition) is 7. The van der Waals surface area contributed by atoms with Crippen molar-refractivity contribution in [3.63, 3.8) is 0 Å². The Bertz CT molecular complexity index is 1140. The van der Waals surface area contributed by atoms with E-state index < -0.39 is 22.9 Å². The number of benzene rings is 1. The summed E-state index contributed by atoms with van der Waals surface area (Å²) < 4.78 is 6.65. The van der Waals surface area contributed by atoms with Gasteiger partial charge in [0.2, 0.25) is 0 Å². The number of hydrazone groups is 1. The van der Waals surface area contributed by atoms with Crippen molar-refractivity contribution in [2.75, 3.05) is 7.11 Å². The fourth-order valence-corrected chi connectivity index (χ4v) is 3.24. The fourth-order valence-electron chi connectivity index (χ4n) is 2.54. The smallest absolute Gasteiger partial charge is 0.270 e. The van der Waals surface area contributed by atoms with E-state index in [1.165, 1.54) is 25.3 Å². The molecule has 0 atom stereocenters. The number of methoxy groups -OCH3 is 1. The quantitative estimate of drug-likeness (QED) is 0.355. The Labute approximate surface area is 184 Å². The van der Waals surface area contributed by atoms with Gasteiger partial charge in [-0.25, -0.2) is 5.43 Å². The van der Waals surface area contributed by atoms with Gasteiger partial charge in [-0.1, -0.05) is 11.6 Å². The molecule has 12 heteroatoms. The summed E-state index contributed by atoms with van der Waals surface area (Å²) in [6, 6.07) is 5.63. The standard InChI is InChI=1S/C18H15BrClN5O5/c1-10-17(19)14(9-30-2)13(6-21)18(27)24(10)8-16(26)23-22-7-11-5-12(25(28)29)3-4-15(11)20/h3-5,7H,8-9H2,1-2H3,(H,23,26)/b22-7-. The molecule has 10 nitrogen and oxygen atoms in total. The van der Waals surface area contributed by atoms with Crippen molar-refractivity contribution >= 4 is 45.3 Å². The first-order valence-electron chi connectivity index (χ1n) is 8.27. The number of non-ortho nitro benzene ring substituents is 1. The first-order valence-corrected chi connectivity index (χ1v) is 9.45. The first kappa shape index (κ1) is 23.2. The molecule has 156 valence electrons. The van der Waals surface area contributed by atoms with E-state index in [1.807, 2.05) is 6.07 Å². The molecule has 0 saturated carbocycles. The summed E-state index contributed by atoms with van der Waals surface area (Å²) >= 11 is 9.30. The van der Waals surface area contributed by atoms with Gasteiger partial charge in [0.1, 0.15) is 18.2 Å². The molecule has 0 aliphatic heterocycles. The van der Waals surface area contributed by atoms with Gasteiger partial charge in [0, 0.05) is 45.6 Å². The molecule has 2 aromatic rings. The van der Waals surface area contributed by atoms with Crippen molar-refractivity contribution in [3.05, 3.63) is 70.5 Å². The predicted octanol–water partition coefficient (Wildman–Crippen LogP) is 2.65. The monoisotopic (exact) mass is 495 g/mol. The maximum atomic E-state index is 12.6. The van der Waals surface area contributed by atoms with Crippen LogP contribution in [-0.4, -0.2) is 28.7 Å². The Hall–Kier alpha value is -3.07. The number of nitrogens with zero attached hydrogens (tertiary/aromatic N) is 4. The zero-order chi connectivity index (χ0) is 22.4. The maximum absolute atomic E-state index is 12.6. The molecule has 0 aliphatic rings. The van der Waals surface area contributed by atoms with Gasteiger partial charge >= 0.3 is 0 Å². The Kier molecular flexibility index (Phi) is 7.82. The molecule has 0 unspecified atom stereocenters. The zero-order valence-corrected chi connectivity index (χ0v) is 18.2. The van der Waals surface area contributed by atoms with Crippen molar-refractivity contribution < 1.29 is 14.5 Å². The minimum absolute atomic E-state index is 0.0564. The number of amides is 1. The van der Waals surface area contributed by atoms with Crippen molar-refractivity contribution in [2.24, 2.45) is 5.10 Å². The van der Waals surface area contributed by atoms with E-state index in [4.69, 9.17) is 16.3 Å². The van der Waals surface area contributed by atoms with E-state index in [-0.39, 0.29) is 28.4 Å². The number of nitro benzene ring substituents is 1. The van der Waals surface area contributed by atoms with Crippen LogP contribution < -0.4 is 11.0 Å². The largest absolute Gasteiger partial charge is 0.380 e. The highest BCUT2D eigenvalue weighted by Crippen LogP contribution is 2.23. The molecule has 0 bridgehead atoms. The number of ether oxygens (including phenoxy) is 1. The molecule has 0 aliphatic carbocycles. The summed E-state index contributed by atoms with van der Waals surface area (Å²) in [5, 5.41) is 24.1. The van der Waals surface area contributed by atoms with Gasteiger partial charge in [0.15, 0.2) is 0 Å². The van der Waals surface area contributed by atoms with Gasteiger partial charge in [-0.05, 0) is 28.9 Å². The number of nitriles is 1. The molecule has 1 aromatic heterocycles. The van der Waals surface area contributed by atoms with Crippen LogP contribution in [0.1, 0.15) is 22.4 Å². The van der Waals surface area contributed by atoms with Crippen molar-refractivity contribution in [3.8, 4) is 6.07 Å². The highest BCUT2D eigenvalue weighted by Gasteiger charge is 2.19. The lowest BCUT2D eigenvalue weighted by atomic mass is 10.1. The number of pyridine rings is 1. The van der Waals surface area contributed by atoms with Crippen LogP contribution >= 0.6 is 27.5 Å². The molecule has 0 radical (unpaired) electrons. The Morgan fingerprint density at radius 2 is 2.23 bits per heavy atom. The Morgan fingerprint density at radius 1 is 1.53 bits per heavy atom. The van der Waals surface area contributed by atoms with E-state index in [0.717, 1.165) is 10.8 Å². The predicted molar refractivity (Wildman–Crippen MR) is 112 cm³/mol. The fraction of sp³-hybridized carbons (Fsp3) is 0.222. The third-order valence-electron chi connectivity index (χ3n) is 4.03. The Morgan fingerprint density at radius 3 is 2.83 bits per heavy atom.